The Kier molecular flexibility index (Phi) is 7.25. The maximum atomic E-state index is 13.8. The van der Waals surface area contributed by atoms with Crippen LogP contribution in [-0.4, -0.2) is 43.2 Å². The molecule has 2 unspecified atom stereocenters. The van der Waals surface area contributed by atoms with Crippen LogP contribution in [0.1, 0.15) is 18.9 Å². The maximum Gasteiger partial charge on any atom is 0.282 e. The lowest BCUT2D eigenvalue weighted by atomic mass is 9.96. The van der Waals surface area contributed by atoms with Gasteiger partial charge in [-0.3, -0.25) is 0 Å². The van der Waals surface area contributed by atoms with Crippen LogP contribution in [0.4, 0.5) is 4.39 Å². The summed E-state index contributed by atoms with van der Waals surface area (Å²) >= 11 is 5.96. The molecule has 1 heterocycles. The van der Waals surface area contributed by atoms with Crippen molar-refractivity contribution in [2.75, 3.05) is 20.1 Å². The first-order chi connectivity index (χ1) is 10.2. The molecule has 0 spiro atoms. The van der Waals surface area contributed by atoms with Gasteiger partial charge in [0, 0.05) is 43.3 Å². The lowest BCUT2D eigenvalue weighted by Gasteiger charge is -2.36. The molecule has 9 heteroatoms. The summed E-state index contributed by atoms with van der Waals surface area (Å²) < 4.78 is 41.6. The van der Waals surface area contributed by atoms with Crippen LogP contribution < -0.4 is 5.73 Å². The molecule has 1 aromatic rings. The van der Waals surface area contributed by atoms with Crippen molar-refractivity contribution in [3.05, 3.63) is 34.6 Å². The molecule has 1 aromatic carbocycles. The van der Waals surface area contributed by atoms with Gasteiger partial charge in [0.15, 0.2) is 0 Å². The molecule has 0 bridgehead atoms. The van der Waals surface area contributed by atoms with Crippen molar-refractivity contribution in [3.8, 4) is 0 Å². The quantitative estimate of drug-likeness (QED) is 0.863. The van der Waals surface area contributed by atoms with Gasteiger partial charge >= 0.3 is 0 Å². The molecule has 23 heavy (non-hydrogen) atoms. The molecule has 0 radical (unpaired) electrons. The van der Waals surface area contributed by atoms with E-state index >= 15 is 0 Å². The number of rotatable bonds is 4. The summed E-state index contributed by atoms with van der Waals surface area (Å²) in [6.45, 7) is 2.58. The normalized spacial score (nSPS) is 22.9. The lowest BCUT2D eigenvalue weighted by molar-refractivity contribution is 0.236. The summed E-state index contributed by atoms with van der Waals surface area (Å²) in [6, 6.07) is 4.31. The zero-order valence-corrected chi connectivity index (χ0v) is 15.5. The fourth-order valence-electron chi connectivity index (χ4n) is 2.52. The number of benzene rings is 1. The van der Waals surface area contributed by atoms with E-state index in [1.165, 1.54) is 23.5 Å². The minimum absolute atomic E-state index is 0. The van der Waals surface area contributed by atoms with E-state index in [-0.39, 0.29) is 41.5 Å². The van der Waals surface area contributed by atoms with E-state index in [0.717, 1.165) is 4.31 Å². The average molecular weight is 386 g/mol. The molecule has 1 fully saturated rings. The summed E-state index contributed by atoms with van der Waals surface area (Å²) in [7, 11) is -2.24. The number of nitrogens with zero attached hydrogens (tertiary/aromatic N) is 2. The van der Waals surface area contributed by atoms with Gasteiger partial charge < -0.3 is 5.73 Å². The van der Waals surface area contributed by atoms with Crippen LogP contribution in [0.5, 0.6) is 0 Å². The predicted molar refractivity (Wildman–Crippen MR) is 92.4 cm³/mol. The van der Waals surface area contributed by atoms with Crippen molar-refractivity contribution in [3.63, 3.8) is 0 Å². The van der Waals surface area contributed by atoms with Gasteiger partial charge in [0.1, 0.15) is 5.82 Å². The van der Waals surface area contributed by atoms with Crippen LogP contribution in [-0.2, 0) is 16.8 Å². The molecule has 0 saturated carbocycles. The summed E-state index contributed by atoms with van der Waals surface area (Å²) in [4.78, 5) is 0. The molecular weight excluding hydrogens is 364 g/mol. The van der Waals surface area contributed by atoms with Crippen molar-refractivity contribution in [2.45, 2.75) is 25.9 Å². The van der Waals surface area contributed by atoms with Gasteiger partial charge in [-0.1, -0.05) is 24.6 Å². The fourth-order valence-corrected chi connectivity index (χ4v) is 4.19. The number of halogens is 3. The highest BCUT2D eigenvalue weighted by molar-refractivity contribution is 7.86. The van der Waals surface area contributed by atoms with Crippen molar-refractivity contribution in [1.29, 1.82) is 0 Å². The zero-order valence-electron chi connectivity index (χ0n) is 13.1. The van der Waals surface area contributed by atoms with Gasteiger partial charge in [0.05, 0.1) is 0 Å². The fraction of sp³-hybridized carbons (Fsp3) is 0.571. The first-order valence-electron chi connectivity index (χ1n) is 7.13. The first-order valence-corrected chi connectivity index (χ1v) is 8.91. The van der Waals surface area contributed by atoms with Crippen molar-refractivity contribution < 1.29 is 12.8 Å². The number of piperidine rings is 1. The molecule has 0 aromatic heterocycles. The first kappa shape index (κ1) is 20.6. The standard InChI is InChI=1S/C14H21ClFN3O2S.ClH/c1-10-8-19(7-6-14(10)17)22(20,21)18(2)9-11-12(15)4-3-5-13(11)16;/h3-5,10,14H,6-9,17H2,1-2H3;1H. The van der Waals surface area contributed by atoms with Crippen LogP contribution in [0.25, 0.3) is 0 Å². The number of hydrogen-bond acceptors (Lipinski definition) is 3. The van der Waals surface area contributed by atoms with Crippen LogP contribution in [0.15, 0.2) is 18.2 Å². The molecule has 5 nitrogen and oxygen atoms in total. The molecule has 1 aliphatic rings. The Morgan fingerprint density at radius 3 is 2.70 bits per heavy atom. The second-order valence-electron chi connectivity index (χ2n) is 5.75. The highest BCUT2D eigenvalue weighted by Gasteiger charge is 2.33. The summed E-state index contributed by atoms with van der Waals surface area (Å²) in [5.41, 5.74) is 6.10. The molecule has 2 atom stereocenters. The lowest BCUT2D eigenvalue weighted by Crippen LogP contribution is -2.51. The van der Waals surface area contributed by atoms with E-state index in [4.69, 9.17) is 17.3 Å². The smallest absolute Gasteiger partial charge is 0.282 e. The molecular formula is C14H22Cl2FN3O2S. The van der Waals surface area contributed by atoms with E-state index in [0.29, 0.717) is 19.5 Å². The minimum atomic E-state index is -3.66. The molecule has 132 valence electrons. The van der Waals surface area contributed by atoms with Gasteiger partial charge in [0.2, 0.25) is 0 Å². The molecule has 0 amide bonds. The summed E-state index contributed by atoms with van der Waals surface area (Å²) in [5.74, 6) is -0.419. The average Bonchev–Trinajstić information content (AvgIpc) is 2.45. The molecule has 1 saturated heterocycles. The monoisotopic (exact) mass is 385 g/mol. The van der Waals surface area contributed by atoms with Gasteiger partial charge in [-0.05, 0) is 24.5 Å². The minimum Gasteiger partial charge on any atom is -0.327 e. The molecule has 0 aliphatic carbocycles. The van der Waals surface area contributed by atoms with Crippen molar-refractivity contribution in [1.82, 2.24) is 8.61 Å². The van der Waals surface area contributed by atoms with Gasteiger partial charge in [-0.15, -0.1) is 12.4 Å². The topological polar surface area (TPSA) is 66.6 Å². The predicted octanol–water partition coefficient (Wildman–Crippen LogP) is 2.25. The van der Waals surface area contributed by atoms with Crippen LogP contribution in [0, 0.1) is 11.7 Å². The Morgan fingerprint density at radius 1 is 1.48 bits per heavy atom. The zero-order chi connectivity index (χ0) is 16.5. The Bertz CT molecular complexity index is 625. The summed E-state index contributed by atoms with van der Waals surface area (Å²) in [6.07, 6.45) is 0.620. The molecule has 2 rings (SSSR count). The highest BCUT2D eigenvalue weighted by Crippen LogP contribution is 2.24. The van der Waals surface area contributed by atoms with Crippen molar-refractivity contribution >= 4 is 34.2 Å². The third-order valence-electron chi connectivity index (χ3n) is 4.10. The van der Waals surface area contributed by atoms with E-state index < -0.39 is 16.0 Å². The Balaban J connectivity index is 0.00000264. The second kappa shape index (κ2) is 8.09. The van der Waals surface area contributed by atoms with Gasteiger partial charge in [-0.2, -0.15) is 17.0 Å². The van der Waals surface area contributed by atoms with Crippen LogP contribution in [0.3, 0.4) is 0 Å². The van der Waals surface area contributed by atoms with Gasteiger partial charge in [-0.25, -0.2) is 4.39 Å². The Hall–Kier alpha value is -0.440. The largest absolute Gasteiger partial charge is 0.327 e. The number of nitrogens with two attached hydrogens (primary N) is 1. The van der Waals surface area contributed by atoms with Crippen LogP contribution in [0.2, 0.25) is 5.02 Å². The maximum absolute atomic E-state index is 13.8. The van der Waals surface area contributed by atoms with Gasteiger partial charge in [0.25, 0.3) is 10.2 Å². The van der Waals surface area contributed by atoms with Crippen LogP contribution >= 0.6 is 24.0 Å². The van der Waals surface area contributed by atoms with E-state index in [2.05, 4.69) is 0 Å². The summed E-state index contributed by atoms with van der Waals surface area (Å²) in [5, 5.41) is 0.219. The second-order valence-corrected chi connectivity index (χ2v) is 8.19. The number of hydrogen-bond donors (Lipinski definition) is 1. The molecule has 2 N–H and O–H groups in total. The Labute approximate surface area is 148 Å². The molecule has 1 aliphatic heterocycles. The third-order valence-corrected chi connectivity index (χ3v) is 6.35. The van der Waals surface area contributed by atoms with E-state index in [1.54, 1.807) is 6.07 Å². The SMILES string of the molecule is CC1CN(S(=O)(=O)N(C)Cc2c(F)cccc2Cl)CCC1N.Cl. The highest BCUT2D eigenvalue weighted by atomic mass is 35.5. The third kappa shape index (κ3) is 4.55. The van der Waals surface area contributed by atoms with E-state index in [1.807, 2.05) is 6.92 Å². The Morgan fingerprint density at radius 2 is 2.13 bits per heavy atom. The van der Waals surface area contributed by atoms with Crippen molar-refractivity contribution in [2.24, 2.45) is 11.7 Å². The van der Waals surface area contributed by atoms with E-state index in [9.17, 15) is 12.8 Å².